The average molecular weight is 204 g/mol. The van der Waals surface area contributed by atoms with Crippen molar-refractivity contribution in [3.63, 3.8) is 0 Å². The van der Waals surface area contributed by atoms with Crippen molar-refractivity contribution in [3.8, 4) is 0 Å². The van der Waals surface area contributed by atoms with Gasteiger partial charge in [0.2, 0.25) is 0 Å². The monoisotopic (exact) mass is 204 g/mol. The molecule has 0 radical (unpaired) electrons. The van der Waals surface area contributed by atoms with Crippen LogP contribution in [-0.2, 0) is 9.53 Å². The molecular weight excluding hydrogens is 188 g/mol. The molecule has 1 aliphatic heterocycles. The van der Waals surface area contributed by atoms with E-state index >= 15 is 0 Å². The zero-order valence-electron chi connectivity index (χ0n) is 7.91. The third-order valence-corrected chi connectivity index (χ3v) is 3.39. The topological polar surface area (TPSA) is 46.5 Å². The van der Waals surface area contributed by atoms with E-state index in [0.29, 0.717) is 19.6 Å². The van der Waals surface area contributed by atoms with Gasteiger partial charge in [0, 0.05) is 6.61 Å². The van der Waals surface area contributed by atoms with Gasteiger partial charge >= 0.3 is 5.97 Å². The third-order valence-electron chi connectivity index (χ3n) is 2.49. The fraction of sp³-hybridized carbons (Fsp3) is 0.889. The molecule has 3 nitrogen and oxygen atoms in total. The Morgan fingerprint density at radius 1 is 1.69 bits per heavy atom. The minimum Gasteiger partial charge on any atom is -0.481 e. The minimum atomic E-state index is -0.693. The maximum absolute atomic E-state index is 11.0. The first-order chi connectivity index (χ1) is 6.21. The van der Waals surface area contributed by atoms with Crippen molar-refractivity contribution in [2.45, 2.75) is 19.8 Å². The Balaban J connectivity index is 2.43. The summed E-state index contributed by atoms with van der Waals surface area (Å²) < 4.78 is 5.16. The molecule has 0 aliphatic carbocycles. The first kappa shape index (κ1) is 10.9. The smallest absolute Gasteiger partial charge is 0.312 e. The molecule has 1 rings (SSSR count). The Kier molecular flexibility index (Phi) is 4.06. The number of carboxylic acids is 1. The lowest BCUT2D eigenvalue weighted by Crippen LogP contribution is -2.32. The van der Waals surface area contributed by atoms with Gasteiger partial charge in [0.25, 0.3) is 0 Å². The maximum atomic E-state index is 11.0. The Labute approximate surface area is 82.8 Å². The summed E-state index contributed by atoms with van der Waals surface area (Å²) in [6.45, 7) is 3.08. The quantitative estimate of drug-likeness (QED) is 0.691. The summed E-state index contributed by atoms with van der Waals surface area (Å²) in [7, 11) is 0. The van der Waals surface area contributed by atoms with Crippen LogP contribution in [0.4, 0.5) is 0 Å². The first-order valence-electron chi connectivity index (χ1n) is 4.60. The van der Waals surface area contributed by atoms with E-state index in [1.54, 1.807) is 11.8 Å². The van der Waals surface area contributed by atoms with E-state index in [4.69, 9.17) is 9.84 Å². The van der Waals surface area contributed by atoms with E-state index in [9.17, 15) is 4.79 Å². The van der Waals surface area contributed by atoms with E-state index in [2.05, 4.69) is 6.92 Å². The van der Waals surface area contributed by atoms with Gasteiger partial charge in [-0.2, -0.15) is 11.8 Å². The Bertz CT molecular complexity index is 176. The summed E-state index contributed by atoms with van der Waals surface area (Å²) in [6, 6.07) is 0. The van der Waals surface area contributed by atoms with E-state index in [-0.39, 0.29) is 0 Å². The Morgan fingerprint density at radius 3 is 2.92 bits per heavy atom. The summed E-state index contributed by atoms with van der Waals surface area (Å²) in [4.78, 5) is 11.0. The highest BCUT2D eigenvalue weighted by Crippen LogP contribution is 2.33. The lowest BCUT2D eigenvalue weighted by atomic mass is 9.85. The lowest BCUT2D eigenvalue weighted by molar-refractivity contribution is -0.149. The Morgan fingerprint density at radius 2 is 2.46 bits per heavy atom. The number of carboxylic acid groups (broad SMARTS) is 1. The maximum Gasteiger partial charge on any atom is 0.312 e. The number of thioether (sulfide) groups is 1. The van der Waals surface area contributed by atoms with Gasteiger partial charge in [-0.25, -0.2) is 0 Å². The second-order valence-corrected chi connectivity index (χ2v) is 4.73. The molecule has 1 aliphatic rings. The number of hydrogen-bond acceptors (Lipinski definition) is 3. The van der Waals surface area contributed by atoms with Gasteiger partial charge in [-0.1, -0.05) is 6.92 Å². The highest BCUT2D eigenvalue weighted by atomic mass is 32.2. The fourth-order valence-electron chi connectivity index (χ4n) is 1.49. The number of aliphatic carboxylic acids is 1. The summed E-state index contributed by atoms with van der Waals surface area (Å²) in [5, 5.41) is 9.07. The van der Waals surface area contributed by atoms with Gasteiger partial charge in [-0.05, 0) is 24.3 Å². The molecule has 0 aromatic carbocycles. The highest BCUT2D eigenvalue weighted by molar-refractivity contribution is 7.99. The molecule has 0 aromatic heterocycles. The standard InChI is InChI=1S/C9H16O3S/c1-2-13-6-4-9(8(10)11)3-5-12-7-9/h2-7H2,1H3,(H,10,11). The molecule has 13 heavy (non-hydrogen) atoms. The van der Waals surface area contributed by atoms with Crippen LogP contribution in [0.5, 0.6) is 0 Å². The van der Waals surface area contributed by atoms with E-state index in [1.165, 1.54) is 0 Å². The van der Waals surface area contributed by atoms with Crippen LogP contribution < -0.4 is 0 Å². The van der Waals surface area contributed by atoms with Gasteiger partial charge < -0.3 is 9.84 Å². The summed E-state index contributed by atoms with van der Waals surface area (Å²) in [6.07, 6.45) is 1.41. The van der Waals surface area contributed by atoms with E-state index in [1.807, 2.05) is 0 Å². The van der Waals surface area contributed by atoms with Crippen LogP contribution in [0.15, 0.2) is 0 Å². The minimum absolute atomic E-state index is 0.395. The summed E-state index contributed by atoms with van der Waals surface area (Å²) in [5.74, 6) is 1.28. The normalized spacial score (nSPS) is 27.8. The van der Waals surface area contributed by atoms with Crippen LogP contribution in [0.25, 0.3) is 0 Å². The molecule has 1 unspecified atom stereocenters. The third kappa shape index (κ3) is 2.61. The van der Waals surface area contributed by atoms with Crippen LogP contribution in [0.2, 0.25) is 0 Å². The SMILES string of the molecule is CCSCCC1(C(=O)O)CCOC1. The van der Waals surface area contributed by atoms with Crippen LogP contribution in [0.1, 0.15) is 19.8 Å². The number of carbonyl (C=O) groups is 1. The van der Waals surface area contributed by atoms with E-state index in [0.717, 1.165) is 17.9 Å². The molecule has 0 bridgehead atoms. The van der Waals surface area contributed by atoms with Crippen LogP contribution in [-0.4, -0.2) is 35.8 Å². The molecular formula is C9H16O3S. The van der Waals surface area contributed by atoms with Crippen molar-refractivity contribution in [1.82, 2.24) is 0 Å². The van der Waals surface area contributed by atoms with Crippen LogP contribution in [0.3, 0.4) is 0 Å². The summed E-state index contributed by atoms with van der Waals surface area (Å²) >= 11 is 1.79. The predicted octanol–water partition coefficient (Wildman–Crippen LogP) is 1.62. The van der Waals surface area contributed by atoms with Gasteiger partial charge in [-0.3, -0.25) is 4.79 Å². The largest absolute Gasteiger partial charge is 0.481 e. The van der Waals surface area contributed by atoms with Gasteiger partial charge in [0.15, 0.2) is 0 Å². The van der Waals surface area contributed by atoms with Gasteiger partial charge in [-0.15, -0.1) is 0 Å². The molecule has 0 amide bonds. The highest BCUT2D eigenvalue weighted by Gasteiger charge is 2.41. The molecule has 4 heteroatoms. The molecule has 76 valence electrons. The molecule has 0 spiro atoms. The number of rotatable bonds is 5. The molecule has 0 aromatic rings. The molecule has 1 heterocycles. The fourth-order valence-corrected chi connectivity index (χ4v) is 2.32. The molecule has 1 N–H and O–H groups in total. The molecule has 1 fully saturated rings. The van der Waals surface area contributed by atoms with Crippen molar-refractivity contribution >= 4 is 17.7 Å². The van der Waals surface area contributed by atoms with Gasteiger partial charge in [0.1, 0.15) is 0 Å². The number of ether oxygens (including phenoxy) is 1. The van der Waals surface area contributed by atoms with Crippen molar-refractivity contribution in [3.05, 3.63) is 0 Å². The number of hydrogen-bond donors (Lipinski definition) is 1. The zero-order valence-corrected chi connectivity index (χ0v) is 8.73. The second kappa shape index (κ2) is 4.86. The molecule has 0 saturated carbocycles. The lowest BCUT2D eigenvalue weighted by Gasteiger charge is -2.21. The van der Waals surface area contributed by atoms with E-state index < -0.39 is 11.4 Å². The van der Waals surface area contributed by atoms with Crippen molar-refractivity contribution in [2.24, 2.45) is 5.41 Å². The van der Waals surface area contributed by atoms with Gasteiger partial charge in [0.05, 0.1) is 12.0 Å². The van der Waals surface area contributed by atoms with Crippen LogP contribution in [0, 0.1) is 5.41 Å². The van der Waals surface area contributed by atoms with Crippen molar-refractivity contribution < 1.29 is 14.6 Å². The molecule has 1 atom stereocenters. The molecule has 1 saturated heterocycles. The average Bonchev–Trinajstić information content (AvgIpc) is 2.55. The second-order valence-electron chi connectivity index (χ2n) is 3.33. The predicted molar refractivity (Wildman–Crippen MR) is 53.1 cm³/mol. The zero-order chi connectivity index (χ0) is 9.73. The van der Waals surface area contributed by atoms with Crippen LogP contribution >= 0.6 is 11.8 Å². The Hall–Kier alpha value is -0.220. The van der Waals surface area contributed by atoms with Crippen molar-refractivity contribution in [2.75, 3.05) is 24.7 Å². The first-order valence-corrected chi connectivity index (χ1v) is 5.75. The van der Waals surface area contributed by atoms with Crippen molar-refractivity contribution in [1.29, 1.82) is 0 Å². The summed E-state index contributed by atoms with van der Waals surface area (Å²) in [5.41, 5.74) is -0.581.